The summed E-state index contributed by atoms with van der Waals surface area (Å²) in [6, 6.07) is 9.15. The number of fused-ring (bicyclic) bond motifs is 4. The number of carbonyl (C=O) groups excluding carboxylic acids is 5. The molecule has 2 aromatic rings. The normalized spacial score (nSPS) is 27.9. The van der Waals surface area contributed by atoms with E-state index in [9.17, 15) is 36.8 Å². The van der Waals surface area contributed by atoms with Gasteiger partial charge in [-0.2, -0.15) is 0 Å². The molecule has 5 aliphatic rings. The molecular formula is C41H51FN6O9S. The molecule has 1 spiro atoms. The van der Waals surface area contributed by atoms with Crippen LogP contribution in [0, 0.1) is 11.7 Å². The molecule has 3 aliphatic heterocycles. The molecule has 0 unspecified atom stereocenters. The Morgan fingerprint density at radius 3 is 2.47 bits per heavy atom. The summed E-state index contributed by atoms with van der Waals surface area (Å²) in [7, 11) is -4.23. The van der Waals surface area contributed by atoms with Gasteiger partial charge < -0.3 is 30.3 Å². The highest BCUT2D eigenvalue weighted by Gasteiger charge is 2.61. The van der Waals surface area contributed by atoms with Crippen LogP contribution in [0.15, 0.2) is 55.1 Å². The lowest BCUT2D eigenvalue weighted by Crippen LogP contribution is -2.58. The quantitative estimate of drug-likeness (QED) is 0.322. The van der Waals surface area contributed by atoms with Gasteiger partial charge in [-0.3, -0.25) is 24.0 Å². The number of amides is 5. The maximum Gasteiger partial charge on any atom is 0.410 e. The van der Waals surface area contributed by atoms with Crippen molar-refractivity contribution in [2.45, 2.75) is 119 Å². The topological polar surface area (TPSA) is 193 Å². The van der Waals surface area contributed by atoms with Gasteiger partial charge in [0.1, 0.15) is 35.6 Å². The predicted molar refractivity (Wildman–Crippen MR) is 210 cm³/mol. The van der Waals surface area contributed by atoms with Crippen molar-refractivity contribution in [3.8, 4) is 0 Å². The van der Waals surface area contributed by atoms with E-state index < -0.39 is 81.1 Å². The van der Waals surface area contributed by atoms with Crippen LogP contribution in [-0.4, -0.2) is 91.0 Å². The summed E-state index contributed by atoms with van der Waals surface area (Å²) in [5.74, 6) is -3.85. The van der Waals surface area contributed by atoms with Crippen LogP contribution in [0.1, 0.15) is 87.3 Å². The van der Waals surface area contributed by atoms with Crippen LogP contribution in [0.5, 0.6) is 0 Å². The Bertz CT molecular complexity index is 2040. The largest absolute Gasteiger partial charge is 0.446 e. The zero-order chi connectivity index (χ0) is 41.0. The predicted octanol–water partition coefficient (Wildman–Crippen LogP) is 4.37. The molecule has 2 saturated carbocycles. The molecule has 58 heavy (non-hydrogen) atoms. The molecule has 5 atom stereocenters. The van der Waals surface area contributed by atoms with Gasteiger partial charge in [-0.05, 0) is 74.3 Å². The summed E-state index contributed by atoms with van der Waals surface area (Å²) >= 11 is 0. The first-order valence-electron chi connectivity index (χ1n) is 20.2. The number of anilines is 1. The zero-order valence-corrected chi connectivity index (χ0v) is 33.2. The van der Waals surface area contributed by atoms with Crippen molar-refractivity contribution in [1.29, 1.82) is 0 Å². The van der Waals surface area contributed by atoms with Gasteiger partial charge in [0.2, 0.25) is 21.8 Å². The Morgan fingerprint density at radius 2 is 1.71 bits per heavy atom. The number of sulfonamides is 1. The number of halogens is 1. The van der Waals surface area contributed by atoms with Crippen molar-refractivity contribution >= 4 is 45.6 Å². The minimum atomic E-state index is -4.23. The molecular weight excluding hydrogens is 772 g/mol. The Morgan fingerprint density at radius 1 is 0.948 bits per heavy atom. The van der Waals surface area contributed by atoms with Crippen LogP contribution in [0.25, 0.3) is 0 Å². The third-order valence-corrected chi connectivity index (χ3v) is 13.0. The lowest BCUT2D eigenvalue weighted by molar-refractivity contribution is -0.141. The number of rotatable bonds is 4. The number of nitrogens with zero attached hydrogens (tertiary/aromatic N) is 2. The summed E-state index contributed by atoms with van der Waals surface area (Å²) in [4.78, 5) is 72.0. The summed E-state index contributed by atoms with van der Waals surface area (Å²) < 4.78 is 54.8. The number of alkyl carbamates (subject to hydrolysis) is 1. The van der Waals surface area contributed by atoms with E-state index in [4.69, 9.17) is 9.47 Å². The van der Waals surface area contributed by atoms with E-state index in [1.54, 1.807) is 30.3 Å². The highest BCUT2D eigenvalue weighted by Crippen LogP contribution is 2.45. The van der Waals surface area contributed by atoms with E-state index in [1.807, 2.05) is 6.07 Å². The van der Waals surface area contributed by atoms with Crippen LogP contribution in [0.4, 0.5) is 19.7 Å². The van der Waals surface area contributed by atoms with E-state index in [0.717, 1.165) is 50.6 Å². The lowest BCUT2D eigenvalue weighted by Gasteiger charge is -2.30. The summed E-state index contributed by atoms with van der Waals surface area (Å²) in [6.07, 6.45) is 5.03. The van der Waals surface area contributed by atoms with Crippen molar-refractivity contribution in [1.82, 2.24) is 25.2 Å². The van der Waals surface area contributed by atoms with Crippen LogP contribution in [0.2, 0.25) is 0 Å². The van der Waals surface area contributed by atoms with Gasteiger partial charge in [0.15, 0.2) is 0 Å². The van der Waals surface area contributed by atoms with Gasteiger partial charge in [-0.15, -0.1) is 6.58 Å². The van der Waals surface area contributed by atoms with Crippen molar-refractivity contribution in [2.75, 3.05) is 18.4 Å². The van der Waals surface area contributed by atoms with Crippen LogP contribution in [0.3, 0.4) is 0 Å². The first-order valence-corrected chi connectivity index (χ1v) is 21.8. The maximum absolute atomic E-state index is 14.6. The van der Waals surface area contributed by atoms with Gasteiger partial charge in [0.25, 0.3) is 5.91 Å². The number of carbonyl (C=O) groups is 5. The second kappa shape index (κ2) is 17.3. The van der Waals surface area contributed by atoms with E-state index >= 15 is 0 Å². The zero-order valence-electron chi connectivity index (χ0n) is 32.4. The summed E-state index contributed by atoms with van der Waals surface area (Å²) in [5.41, 5.74) is 0.531. The second-order valence-electron chi connectivity index (χ2n) is 16.0. The number of hydrogen-bond acceptors (Lipinski definition) is 10. The highest BCUT2D eigenvalue weighted by atomic mass is 32.2. The van der Waals surface area contributed by atoms with Crippen molar-refractivity contribution in [2.24, 2.45) is 5.92 Å². The molecule has 0 radical (unpaired) electrons. The summed E-state index contributed by atoms with van der Waals surface area (Å²) in [6.45, 7) is 4.27. The van der Waals surface area contributed by atoms with Gasteiger partial charge in [0.05, 0.1) is 18.8 Å². The molecule has 2 aromatic carbocycles. The third-order valence-electron chi connectivity index (χ3n) is 11.8. The number of ether oxygens (including phenoxy) is 2. The maximum atomic E-state index is 14.6. The summed E-state index contributed by atoms with van der Waals surface area (Å²) in [5, 5.41) is 8.80. The number of nitrogens with one attached hydrogen (secondary N) is 4. The van der Waals surface area contributed by atoms with E-state index in [-0.39, 0.29) is 45.0 Å². The third kappa shape index (κ3) is 9.40. The SMILES string of the molecule is C=C[C@@H]1C[C@@]12NC(=O)[C@@H]1C[C@@H](OC(=O)N3Cc4cccc(F)c4C3)CN1C(=O)[C@@H](NC(=O)OC1CCCC1)CCCCCCNc1cccc(c1)CS(=O)(=O)NC2=O. The molecule has 0 aromatic heterocycles. The Kier molecular flexibility index (Phi) is 12.3. The second-order valence-corrected chi connectivity index (χ2v) is 17.7. The van der Waals surface area contributed by atoms with Gasteiger partial charge in [-0.25, -0.2) is 22.4 Å². The van der Waals surface area contributed by atoms with Gasteiger partial charge >= 0.3 is 12.2 Å². The first-order chi connectivity index (χ1) is 27.8. The molecule has 2 bridgehead atoms. The van der Waals surface area contributed by atoms with E-state index in [2.05, 4.69) is 27.3 Å². The Labute approximate surface area is 337 Å². The average molecular weight is 823 g/mol. The lowest BCUT2D eigenvalue weighted by atomic mass is 10.0. The fourth-order valence-corrected chi connectivity index (χ4v) is 9.70. The molecule has 5 amide bonds. The molecule has 1 saturated heterocycles. The number of benzene rings is 2. The smallest absolute Gasteiger partial charge is 0.410 e. The molecule has 3 heterocycles. The van der Waals surface area contributed by atoms with Crippen LogP contribution < -0.4 is 20.7 Å². The van der Waals surface area contributed by atoms with Crippen LogP contribution in [-0.2, 0) is 52.7 Å². The molecule has 312 valence electrons. The molecule has 7 rings (SSSR count). The van der Waals surface area contributed by atoms with E-state index in [1.165, 1.54) is 21.9 Å². The van der Waals surface area contributed by atoms with Crippen LogP contribution >= 0.6 is 0 Å². The fourth-order valence-electron chi connectivity index (χ4n) is 8.55. The van der Waals surface area contributed by atoms with Gasteiger partial charge in [-0.1, -0.05) is 49.6 Å². The molecule has 15 nitrogen and oxygen atoms in total. The monoisotopic (exact) mass is 822 g/mol. The standard InChI is InChI=1S/C41H51FN6O9S/c1-2-28-21-41(28)38(51)46-58(54,55)25-26-11-9-13-29(19-26)43-18-8-4-3-5-17-34(44-39(52)56-30-14-6-7-15-30)37(50)48-23-31(20-35(48)36(49)45-41)57-40(53)47-22-27-12-10-16-33(42)32(27)24-47/h2,9-13,16,19,28,30-31,34-35,43H,1,3-8,14-15,17-18,20-25H2,(H,44,52)(H,45,49)(H,46,51)/t28-,31-,34+,35+,41-/m1/s1. The van der Waals surface area contributed by atoms with E-state index in [0.29, 0.717) is 29.7 Å². The molecule has 3 fully saturated rings. The fraction of sp³-hybridized carbons (Fsp3) is 0.537. The minimum absolute atomic E-state index is 0.0137. The average Bonchev–Trinajstić information content (AvgIpc) is 3.58. The Hall–Kier alpha value is -5.19. The molecule has 2 aliphatic carbocycles. The van der Waals surface area contributed by atoms with Crippen molar-refractivity contribution < 1.29 is 46.3 Å². The molecule has 17 heteroatoms. The highest BCUT2D eigenvalue weighted by molar-refractivity contribution is 7.89. The van der Waals surface area contributed by atoms with Crippen molar-refractivity contribution in [3.63, 3.8) is 0 Å². The number of hydrogen-bond donors (Lipinski definition) is 4. The van der Waals surface area contributed by atoms with Gasteiger partial charge in [0, 0.05) is 36.7 Å². The minimum Gasteiger partial charge on any atom is -0.446 e. The Balaban J connectivity index is 1.14. The molecule has 4 N–H and O–H groups in total. The van der Waals surface area contributed by atoms with Crippen molar-refractivity contribution in [3.05, 3.63) is 77.6 Å². The first kappa shape index (κ1) is 41.0.